The number of hydrogen-bond donors (Lipinski definition) is 2. The van der Waals surface area contributed by atoms with Crippen LogP contribution >= 0.6 is 0 Å². The van der Waals surface area contributed by atoms with E-state index in [1.54, 1.807) is 6.07 Å². The third-order valence-corrected chi connectivity index (χ3v) is 5.94. The molecule has 2 aliphatic rings. The van der Waals surface area contributed by atoms with Crippen LogP contribution in [0.15, 0.2) is 24.3 Å². The predicted molar refractivity (Wildman–Crippen MR) is 79.2 cm³/mol. The first-order chi connectivity index (χ1) is 10.8. The summed E-state index contributed by atoms with van der Waals surface area (Å²) in [5.74, 6) is -1.59. The second-order valence-electron chi connectivity index (χ2n) is 5.78. The number of urea groups is 1. The van der Waals surface area contributed by atoms with Gasteiger partial charge >= 0.3 is 6.03 Å². The number of sulfonamides is 1. The van der Waals surface area contributed by atoms with Crippen LogP contribution in [0.5, 0.6) is 0 Å². The molecule has 0 radical (unpaired) electrons. The lowest BCUT2D eigenvalue weighted by Crippen LogP contribution is -2.59. The van der Waals surface area contributed by atoms with E-state index in [2.05, 4.69) is 10.6 Å². The summed E-state index contributed by atoms with van der Waals surface area (Å²) in [5.41, 5.74) is -1.15. The Balaban J connectivity index is 1.82. The molecule has 2 N–H and O–H groups in total. The summed E-state index contributed by atoms with van der Waals surface area (Å²) >= 11 is 0. The molecule has 2 fully saturated rings. The minimum absolute atomic E-state index is 0.0760. The Kier molecular flexibility index (Phi) is 3.85. The number of carbonyl (C=O) groups is 2. The summed E-state index contributed by atoms with van der Waals surface area (Å²) in [7, 11) is -3.80. The van der Waals surface area contributed by atoms with Gasteiger partial charge in [0.1, 0.15) is 11.4 Å². The third-order valence-electron chi connectivity index (χ3n) is 4.16. The molecule has 7 nitrogen and oxygen atoms in total. The van der Waals surface area contributed by atoms with Crippen LogP contribution in [0.3, 0.4) is 0 Å². The Labute approximate surface area is 132 Å². The molecule has 0 aromatic heterocycles. The second kappa shape index (κ2) is 5.57. The first-order valence-electron chi connectivity index (χ1n) is 7.17. The summed E-state index contributed by atoms with van der Waals surface area (Å²) in [6.07, 6.45) is 0.806. The maximum Gasteiger partial charge on any atom is 0.322 e. The molecule has 23 heavy (non-hydrogen) atoms. The Morgan fingerprint density at radius 2 is 2.00 bits per heavy atom. The molecule has 3 rings (SSSR count). The number of halogens is 1. The highest BCUT2D eigenvalue weighted by Gasteiger charge is 2.50. The quantitative estimate of drug-likeness (QED) is 0.775. The number of rotatable bonds is 3. The third kappa shape index (κ3) is 2.93. The average Bonchev–Trinajstić information content (AvgIpc) is 2.75. The lowest BCUT2D eigenvalue weighted by Gasteiger charge is -2.37. The molecule has 0 aliphatic carbocycles. The normalized spacial score (nSPS) is 25.4. The van der Waals surface area contributed by atoms with Crippen LogP contribution < -0.4 is 10.6 Å². The molecule has 3 amide bonds. The van der Waals surface area contributed by atoms with E-state index in [0.717, 1.165) is 4.31 Å². The van der Waals surface area contributed by atoms with E-state index >= 15 is 0 Å². The van der Waals surface area contributed by atoms with E-state index < -0.39 is 39.1 Å². The standard InChI is InChI=1S/C14H16FN3O4S/c15-11-5-2-1-4-10(11)8-23(21,22)18-7-3-6-14(9-18)12(19)16-13(20)17-14/h1-2,4-5H,3,6-9H2,(H2,16,17,19,20). The van der Waals surface area contributed by atoms with Crippen LogP contribution in [0.1, 0.15) is 18.4 Å². The monoisotopic (exact) mass is 341 g/mol. The maximum absolute atomic E-state index is 13.7. The molecule has 124 valence electrons. The van der Waals surface area contributed by atoms with Crippen molar-refractivity contribution in [2.24, 2.45) is 0 Å². The van der Waals surface area contributed by atoms with Gasteiger partial charge in [-0.1, -0.05) is 18.2 Å². The van der Waals surface area contributed by atoms with Crippen molar-refractivity contribution in [1.82, 2.24) is 14.9 Å². The molecule has 0 saturated carbocycles. The van der Waals surface area contributed by atoms with Gasteiger partial charge in [-0.25, -0.2) is 17.6 Å². The molecule has 1 aromatic carbocycles. The molecule has 2 aliphatic heterocycles. The van der Waals surface area contributed by atoms with Crippen molar-refractivity contribution in [1.29, 1.82) is 0 Å². The number of hydrogen-bond acceptors (Lipinski definition) is 4. The van der Waals surface area contributed by atoms with Gasteiger partial charge in [0.2, 0.25) is 10.0 Å². The number of nitrogens with zero attached hydrogens (tertiary/aromatic N) is 1. The first-order valence-corrected chi connectivity index (χ1v) is 8.78. The van der Waals surface area contributed by atoms with Crippen molar-refractivity contribution in [2.75, 3.05) is 13.1 Å². The van der Waals surface area contributed by atoms with E-state index in [-0.39, 0.29) is 18.7 Å². The highest BCUT2D eigenvalue weighted by Crippen LogP contribution is 2.27. The number of benzene rings is 1. The fourth-order valence-electron chi connectivity index (χ4n) is 2.97. The van der Waals surface area contributed by atoms with E-state index in [4.69, 9.17) is 0 Å². The largest absolute Gasteiger partial charge is 0.322 e. The topological polar surface area (TPSA) is 95.6 Å². The zero-order valence-corrected chi connectivity index (χ0v) is 13.0. The van der Waals surface area contributed by atoms with E-state index in [1.165, 1.54) is 18.2 Å². The minimum Gasteiger partial charge on any atom is -0.322 e. The van der Waals surface area contributed by atoms with Gasteiger partial charge in [-0.15, -0.1) is 0 Å². The van der Waals surface area contributed by atoms with Crippen LogP contribution in [-0.4, -0.2) is 43.3 Å². The second-order valence-corrected chi connectivity index (χ2v) is 7.74. The first kappa shape index (κ1) is 15.9. The number of imide groups is 1. The van der Waals surface area contributed by atoms with Crippen molar-refractivity contribution >= 4 is 22.0 Å². The lowest BCUT2D eigenvalue weighted by molar-refractivity contribution is -0.125. The molecule has 9 heteroatoms. The Morgan fingerprint density at radius 1 is 1.26 bits per heavy atom. The zero-order chi connectivity index (χ0) is 16.7. The molecule has 1 aromatic rings. The minimum atomic E-state index is -3.80. The number of carbonyl (C=O) groups excluding carboxylic acids is 2. The molecule has 2 saturated heterocycles. The van der Waals surface area contributed by atoms with Gasteiger partial charge in [0.15, 0.2) is 0 Å². The molecule has 1 atom stereocenters. The summed E-state index contributed by atoms with van der Waals surface area (Å²) in [4.78, 5) is 23.3. The fourth-order valence-corrected chi connectivity index (χ4v) is 4.61. The SMILES string of the molecule is O=C1NC(=O)C2(CCCN(S(=O)(=O)Cc3ccccc3F)C2)N1. The number of nitrogens with one attached hydrogen (secondary N) is 2. The van der Waals surface area contributed by atoms with Crippen molar-refractivity contribution in [3.8, 4) is 0 Å². The van der Waals surface area contributed by atoms with E-state index in [9.17, 15) is 22.4 Å². The van der Waals surface area contributed by atoms with Gasteiger partial charge < -0.3 is 5.32 Å². The molecule has 0 bridgehead atoms. The average molecular weight is 341 g/mol. The van der Waals surface area contributed by atoms with Gasteiger partial charge in [-0.2, -0.15) is 4.31 Å². The summed E-state index contributed by atoms with van der Waals surface area (Å²) in [6, 6.07) is 5.04. The van der Waals surface area contributed by atoms with Crippen LogP contribution in [0.25, 0.3) is 0 Å². The van der Waals surface area contributed by atoms with E-state index in [0.29, 0.717) is 12.8 Å². The van der Waals surface area contributed by atoms with Crippen molar-refractivity contribution in [2.45, 2.75) is 24.1 Å². The number of piperidine rings is 1. The van der Waals surface area contributed by atoms with Crippen LogP contribution in [0.2, 0.25) is 0 Å². The molecular formula is C14H16FN3O4S. The smallest absolute Gasteiger partial charge is 0.322 e. The van der Waals surface area contributed by atoms with Gasteiger partial charge in [-0.3, -0.25) is 10.1 Å². The highest BCUT2D eigenvalue weighted by molar-refractivity contribution is 7.88. The van der Waals surface area contributed by atoms with Gasteiger partial charge in [-0.05, 0) is 18.9 Å². The molecule has 1 unspecified atom stereocenters. The maximum atomic E-state index is 13.7. The van der Waals surface area contributed by atoms with Gasteiger partial charge in [0, 0.05) is 18.7 Å². The van der Waals surface area contributed by atoms with E-state index in [1.807, 2.05) is 0 Å². The fraction of sp³-hybridized carbons (Fsp3) is 0.429. The van der Waals surface area contributed by atoms with Crippen molar-refractivity contribution < 1.29 is 22.4 Å². The molecule has 1 spiro atoms. The zero-order valence-electron chi connectivity index (χ0n) is 12.2. The summed E-state index contributed by atoms with van der Waals surface area (Å²) in [6.45, 7) is 0.100. The Morgan fingerprint density at radius 3 is 2.65 bits per heavy atom. The van der Waals surface area contributed by atoms with Gasteiger partial charge in [0.25, 0.3) is 5.91 Å². The van der Waals surface area contributed by atoms with Crippen molar-refractivity contribution in [3.05, 3.63) is 35.6 Å². The van der Waals surface area contributed by atoms with Crippen LogP contribution in [0.4, 0.5) is 9.18 Å². The highest BCUT2D eigenvalue weighted by atomic mass is 32.2. The van der Waals surface area contributed by atoms with Crippen molar-refractivity contribution in [3.63, 3.8) is 0 Å². The number of amides is 3. The molecule has 2 heterocycles. The van der Waals surface area contributed by atoms with Crippen LogP contribution in [0, 0.1) is 5.82 Å². The summed E-state index contributed by atoms with van der Waals surface area (Å²) in [5, 5.41) is 4.65. The lowest BCUT2D eigenvalue weighted by atomic mass is 9.90. The van der Waals surface area contributed by atoms with Crippen LogP contribution in [-0.2, 0) is 20.6 Å². The summed E-state index contributed by atoms with van der Waals surface area (Å²) < 4.78 is 39.9. The Hall–Kier alpha value is -2.00. The Bertz CT molecular complexity index is 767. The molecular weight excluding hydrogens is 325 g/mol. The predicted octanol–water partition coefficient (Wildman–Crippen LogP) is 0.329. The van der Waals surface area contributed by atoms with Gasteiger partial charge in [0.05, 0.1) is 5.75 Å².